The van der Waals surface area contributed by atoms with Gasteiger partial charge in [-0.05, 0) is 37.8 Å². The smallest absolute Gasteiger partial charge is 0.225 e. The number of nitrogens with one attached hydrogen (secondary N) is 1. The molecule has 2 fully saturated rings. The summed E-state index contributed by atoms with van der Waals surface area (Å²) in [6, 6.07) is 2.71. The second kappa shape index (κ2) is 7.78. The standard InChI is InChI=1S/C17H24FN3O3S/c18-15-8-3-9-19-16(15)11-20-25(23,24)14-7-4-10-21(12-14)17(22)13-5-1-2-6-13/h3,8-9,13-14,20H,1-2,4-7,10-12H2/t14-/m1/s1. The predicted molar refractivity (Wildman–Crippen MR) is 91.5 cm³/mol. The molecule has 1 aromatic rings. The van der Waals surface area contributed by atoms with Crippen molar-refractivity contribution in [2.45, 2.75) is 50.3 Å². The van der Waals surface area contributed by atoms with Crippen molar-refractivity contribution < 1.29 is 17.6 Å². The second-order valence-corrected chi connectivity index (χ2v) is 8.87. The molecule has 1 atom stereocenters. The first kappa shape index (κ1) is 18.3. The Morgan fingerprint density at radius 1 is 1.28 bits per heavy atom. The number of rotatable bonds is 5. The molecule has 25 heavy (non-hydrogen) atoms. The highest BCUT2D eigenvalue weighted by molar-refractivity contribution is 7.90. The molecule has 1 aliphatic carbocycles. The van der Waals surface area contributed by atoms with Gasteiger partial charge in [-0.15, -0.1) is 0 Å². The van der Waals surface area contributed by atoms with Gasteiger partial charge in [0.15, 0.2) is 0 Å². The molecule has 1 amide bonds. The van der Waals surface area contributed by atoms with Crippen molar-refractivity contribution in [3.8, 4) is 0 Å². The first-order valence-corrected chi connectivity index (χ1v) is 10.4. The zero-order valence-corrected chi connectivity index (χ0v) is 15.0. The molecule has 0 spiro atoms. The average molecular weight is 369 g/mol. The number of hydrogen-bond donors (Lipinski definition) is 1. The Kier molecular flexibility index (Phi) is 5.68. The summed E-state index contributed by atoms with van der Waals surface area (Å²) in [5.41, 5.74) is 0.0702. The van der Waals surface area contributed by atoms with Crippen LogP contribution in [-0.2, 0) is 21.4 Å². The van der Waals surface area contributed by atoms with Gasteiger partial charge >= 0.3 is 0 Å². The summed E-state index contributed by atoms with van der Waals surface area (Å²) in [4.78, 5) is 18.1. The first-order valence-electron chi connectivity index (χ1n) is 8.84. The van der Waals surface area contributed by atoms with E-state index in [9.17, 15) is 17.6 Å². The van der Waals surface area contributed by atoms with Gasteiger partial charge in [-0.25, -0.2) is 17.5 Å². The molecule has 2 heterocycles. The van der Waals surface area contributed by atoms with Gasteiger partial charge in [0.2, 0.25) is 15.9 Å². The van der Waals surface area contributed by atoms with E-state index in [0.717, 1.165) is 25.7 Å². The van der Waals surface area contributed by atoms with Gasteiger partial charge in [-0.2, -0.15) is 0 Å². The zero-order chi connectivity index (χ0) is 17.9. The van der Waals surface area contributed by atoms with E-state index in [4.69, 9.17) is 0 Å². The van der Waals surface area contributed by atoms with Crippen molar-refractivity contribution in [1.82, 2.24) is 14.6 Å². The molecule has 1 aromatic heterocycles. The fraction of sp³-hybridized carbons (Fsp3) is 0.647. The number of nitrogens with zero attached hydrogens (tertiary/aromatic N) is 2. The maximum Gasteiger partial charge on any atom is 0.225 e. The third-order valence-electron chi connectivity index (χ3n) is 5.11. The number of pyridine rings is 1. The molecular weight excluding hydrogens is 345 g/mol. The molecule has 6 nitrogen and oxygen atoms in total. The third kappa shape index (κ3) is 4.36. The van der Waals surface area contributed by atoms with Crippen LogP contribution in [0.3, 0.4) is 0 Å². The predicted octanol–water partition coefficient (Wildman–Crippen LogP) is 1.82. The number of sulfonamides is 1. The van der Waals surface area contributed by atoms with Gasteiger partial charge in [0.05, 0.1) is 17.5 Å². The Balaban J connectivity index is 1.61. The van der Waals surface area contributed by atoms with Crippen molar-refractivity contribution in [2.75, 3.05) is 13.1 Å². The third-order valence-corrected chi connectivity index (χ3v) is 6.92. The topological polar surface area (TPSA) is 79.4 Å². The highest BCUT2D eigenvalue weighted by Gasteiger charge is 2.35. The van der Waals surface area contributed by atoms with E-state index in [0.29, 0.717) is 19.4 Å². The van der Waals surface area contributed by atoms with Crippen LogP contribution in [0.5, 0.6) is 0 Å². The number of hydrogen-bond acceptors (Lipinski definition) is 4. The summed E-state index contributed by atoms with van der Waals surface area (Å²) in [6.45, 7) is 0.660. The lowest BCUT2D eigenvalue weighted by molar-refractivity contribution is -0.136. The lowest BCUT2D eigenvalue weighted by Crippen LogP contribution is -2.49. The molecule has 8 heteroatoms. The highest BCUT2D eigenvalue weighted by atomic mass is 32.2. The Labute approximate surface area is 147 Å². The highest BCUT2D eigenvalue weighted by Crippen LogP contribution is 2.28. The first-order chi connectivity index (χ1) is 12.0. The molecule has 0 aromatic carbocycles. The summed E-state index contributed by atoms with van der Waals surface area (Å²) < 4.78 is 41.2. The number of likely N-dealkylation sites (tertiary alicyclic amines) is 1. The van der Waals surface area contributed by atoms with Crippen LogP contribution >= 0.6 is 0 Å². The van der Waals surface area contributed by atoms with E-state index in [1.165, 1.54) is 18.3 Å². The number of aromatic nitrogens is 1. The van der Waals surface area contributed by atoms with Gasteiger partial charge in [0.1, 0.15) is 5.82 Å². The SMILES string of the molecule is O=C(C1CCCC1)N1CCC[C@@H](S(=O)(=O)NCc2ncccc2F)C1. The van der Waals surface area contributed by atoms with E-state index in [1.54, 1.807) is 4.90 Å². The van der Waals surface area contributed by atoms with E-state index in [2.05, 4.69) is 9.71 Å². The van der Waals surface area contributed by atoms with Crippen LogP contribution in [0, 0.1) is 11.7 Å². The molecule has 1 N–H and O–H groups in total. The molecule has 1 aliphatic heterocycles. The fourth-order valence-electron chi connectivity index (χ4n) is 3.66. The van der Waals surface area contributed by atoms with Gasteiger partial charge in [-0.3, -0.25) is 9.78 Å². The minimum absolute atomic E-state index is 0.0528. The molecule has 1 saturated carbocycles. The zero-order valence-electron chi connectivity index (χ0n) is 14.2. The van der Waals surface area contributed by atoms with Crippen molar-refractivity contribution in [1.29, 1.82) is 0 Å². The van der Waals surface area contributed by atoms with Gasteiger partial charge < -0.3 is 4.90 Å². The van der Waals surface area contributed by atoms with Crippen molar-refractivity contribution in [2.24, 2.45) is 5.92 Å². The molecule has 3 rings (SSSR count). The van der Waals surface area contributed by atoms with Gasteiger partial charge in [0.25, 0.3) is 0 Å². The maximum absolute atomic E-state index is 13.6. The Bertz CT molecular complexity index is 720. The monoisotopic (exact) mass is 369 g/mol. The lowest BCUT2D eigenvalue weighted by Gasteiger charge is -2.34. The van der Waals surface area contributed by atoms with Gasteiger partial charge in [-0.1, -0.05) is 12.8 Å². The number of carbonyl (C=O) groups excluding carboxylic acids is 1. The summed E-state index contributed by atoms with van der Waals surface area (Å²) >= 11 is 0. The second-order valence-electron chi connectivity index (χ2n) is 6.83. The van der Waals surface area contributed by atoms with Crippen molar-refractivity contribution in [3.63, 3.8) is 0 Å². The van der Waals surface area contributed by atoms with E-state index >= 15 is 0 Å². The van der Waals surface area contributed by atoms with Crippen LogP contribution in [-0.4, -0.2) is 42.5 Å². The van der Waals surface area contributed by atoms with Crippen molar-refractivity contribution in [3.05, 3.63) is 29.8 Å². The van der Waals surface area contributed by atoms with Crippen LogP contribution in [0.1, 0.15) is 44.2 Å². The number of halogens is 1. The molecule has 0 radical (unpaired) electrons. The Morgan fingerprint density at radius 2 is 2.04 bits per heavy atom. The quantitative estimate of drug-likeness (QED) is 0.859. The summed E-state index contributed by atoms with van der Waals surface area (Å²) in [5, 5.41) is -0.654. The molecule has 0 bridgehead atoms. The van der Waals surface area contributed by atoms with Crippen LogP contribution in [0.15, 0.2) is 18.3 Å². The molecule has 1 saturated heterocycles. The largest absolute Gasteiger partial charge is 0.341 e. The van der Waals surface area contributed by atoms with Crippen LogP contribution < -0.4 is 4.72 Å². The normalized spacial score (nSPS) is 22.3. The van der Waals surface area contributed by atoms with Gasteiger partial charge in [0, 0.05) is 25.2 Å². The summed E-state index contributed by atoms with van der Waals surface area (Å²) in [5.74, 6) is -0.392. The summed E-state index contributed by atoms with van der Waals surface area (Å²) in [6.07, 6.45) is 6.56. The Hall–Kier alpha value is -1.54. The van der Waals surface area contributed by atoms with E-state index in [1.807, 2.05) is 0 Å². The lowest BCUT2D eigenvalue weighted by atomic mass is 10.0. The van der Waals surface area contributed by atoms with Crippen LogP contribution in [0.4, 0.5) is 4.39 Å². The van der Waals surface area contributed by atoms with Crippen LogP contribution in [0.2, 0.25) is 0 Å². The average Bonchev–Trinajstić information content (AvgIpc) is 3.15. The van der Waals surface area contributed by atoms with Crippen LogP contribution in [0.25, 0.3) is 0 Å². The number of amides is 1. The summed E-state index contributed by atoms with van der Waals surface area (Å²) in [7, 11) is -3.64. The van der Waals surface area contributed by atoms with E-state index in [-0.39, 0.29) is 30.6 Å². The minimum Gasteiger partial charge on any atom is -0.341 e. The number of carbonyl (C=O) groups is 1. The fourth-order valence-corrected chi connectivity index (χ4v) is 5.08. The Morgan fingerprint density at radius 3 is 2.76 bits per heavy atom. The van der Waals surface area contributed by atoms with Crippen molar-refractivity contribution >= 4 is 15.9 Å². The maximum atomic E-state index is 13.6. The van der Waals surface area contributed by atoms with E-state index < -0.39 is 21.1 Å². The molecule has 2 aliphatic rings. The molecular formula is C17H24FN3O3S. The minimum atomic E-state index is -3.64. The molecule has 138 valence electrons. The number of piperidine rings is 1. The molecule has 0 unspecified atom stereocenters.